The Kier molecular flexibility index (Phi) is 5.55. The van der Waals surface area contributed by atoms with Crippen LogP contribution in [0.2, 0.25) is 0 Å². The average molecular weight is 419 g/mol. The van der Waals surface area contributed by atoms with Gasteiger partial charge in [-0.1, -0.05) is 32.9 Å². The first-order chi connectivity index (χ1) is 13.6. The molecule has 0 bridgehead atoms. The minimum atomic E-state index is -3.23. The van der Waals surface area contributed by atoms with Gasteiger partial charge in [0.2, 0.25) is 10.0 Å². The second kappa shape index (κ2) is 7.71. The molecule has 0 spiro atoms. The van der Waals surface area contributed by atoms with Crippen molar-refractivity contribution in [2.24, 2.45) is 5.41 Å². The Labute approximate surface area is 174 Å². The lowest BCUT2D eigenvalue weighted by molar-refractivity contribution is 0.0853. The van der Waals surface area contributed by atoms with E-state index >= 15 is 0 Å². The van der Waals surface area contributed by atoms with Gasteiger partial charge >= 0.3 is 0 Å². The summed E-state index contributed by atoms with van der Waals surface area (Å²) in [6.45, 7) is 11.2. The molecule has 1 aromatic carbocycles. The first-order valence-electron chi connectivity index (χ1n) is 10.9. The molecule has 6 heteroatoms. The van der Waals surface area contributed by atoms with Crippen molar-refractivity contribution in [3.63, 3.8) is 0 Å². The van der Waals surface area contributed by atoms with Crippen LogP contribution in [-0.2, 0) is 21.3 Å². The number of rotatable bonds is 6. The fourth-order valence-corrected chi connectivity index (χ4v) is 5.96. The predicted octanol–water partition coefficient (Wildman–Crippen LogP) is 4.72. The zero-order chi connectivity index (χ0) is 20.8. The minimum absolute atomic E-state index is 0.134. The van der Waals surface area contributed by atoms with E-state index in [2.05, 4.69) is 54.5 Å². The maximum absolute atomic E-state index is 12.5. The van der Waals surface area contributed by atoms with Gasteiger partial charge in [0.25, 0.3) is 0 Å². The first kappa shape index (κ1) is 20.9. The minimum Gasteiger partial charge on any atom is -0.381 e. The van der Waals surface area contributed by atoms with E-state index in [-0.39, 0.29) is 16.7 Å². The number of nitrogens with one attached hydrogen (secondary N) is 1. The first-order valence-corrected chi connectivity index (χ1v) is 12.4. The van der Waals surface area contributed by atoms with Crippen molar-refractivity contribution >= 4 is 20.9 Å². The van der Waals surface area contributed by atoms with Crippen molar-refractivity contribution in [2.75, 3.05) is 13.2 Å². The number of aromatic nitrogens is 1. The molecule has 0 amide bonds. The fraction of sp³-hybridized carbons (Fsp3) is 0.652. The summed E-state index contributed by atoms with van der Waals surface area (Å²) in [5.74, 6) is 0.542. The Morgan fingerprint density at radius 2 is 1.86 bits per heavy atom. The third kappa shape index (κ3) is 4.70. The highest BCUT2D eigenvalue weighted by Crippen LogP contribution is 2.35. The Hall–Kier alpha value is -1.37. The van der Waals surface area contributed by atoms with Gasteiger partial charge in [0, 0.05) is 42.9 Å². The van der Waals surface area contributed by atoms with E-state index in [1.807, 2.05) is 6.92 Å². The van der Waals surface area contributed by atoms with Crippen LogP contribution in [0.4, 0.5) is 0 Å². The molecule has 2 fully saturated rings. The van der Waals surface area contributed by atoms with Gasteiger partial charge in [-0.2, -0.15) is 0 Å². The number of hydrogen-bond acceptors (Lipinski definition) is 3. The van der Waals surface area contributed by atoms with Crippen molar-refractivity contribution < 1.29 is 13.2 Å². The highest BCUT2D eigenvalue weighted by Gasteiger charge is 2.37. The Morgan fingerprint density at radius 1 is 1.17 bits per heavy atom. The summed E-state index contributed by atoms with van der Waals surface area (Å²) in [5, 5.41) is 0.948. The Bertz CT molecular complexity index is 977. The van der Waals surface area contributed by atoms with Crippen LogP contribution in [0.5, 0.6) is 0 Å². The molecular formula is C23H34N2O3S. The van der Waals surface area contributed by atoms with E-state index in [9.17, 15) is 8.42 Å². The number of benzene rings is 1. The van der Waals surface area contributed by atoms with Gasteiger partial charge in [-0.3, -0.25) is 0 Å². The monoisotopic (exact) mass is 418 g/mol. The maximum atomic E-state index is 12.5. The molecule has 0 radical (unpaired) electrons. The molecule has 1 saturated heterocycles. The van der Waals surface area contributed by atoms with E-state index in [1.165, 1.54) is 11.1 Å². The molecular weight excluding hydrogens is 384 g/mol. The van der Waals surface area contributed by atoms with E-state index in [0.29, 0.717) is 5.92 Å². The zero-order valence-electron chi connectivity index (χ0n) is 18.1. The summed E-state index contributed by atoms with van der Waals surface area (Å²) in [4.78, 5) is 0. The third-order valence-corrected chi connectivity index (χ3v) is 8.08. The largest absolute Gasteiger partial charge is 0.381 e. The Morgan fingerprint density at radius 3 is 2.48 bits per heavy atom. The third-order valence-electron chi connectivity index (χ3n) is 6.05. The zero-order valence-corrected chi connectivity index (χ0v) is 18.9. The lowest BCUT2D eigenvalue weighted by atomic mass is 9.90. The molecule has 1 aromatic heterocycles. The van der Waals surface area contributed by atoms with Gasteiger partial charge in [-0.25, -0.2) is 13.1 Å². The van der Waals surface area contributed by atoms with Gasteiger partial charge in [-0.15, -0.1) is 0 Å². The van der Waals surface area contributed by atoms with Crippen LogP contribution in [-0.4, -0.2) is 31.4 Å². The van der Waals surface area contributed by atoms with Crippen molar-refractivity contribution in [1.29, 1.82) is 0 Å². The van der Waals surface area contributed by atoms with Gasteiger partial charge in [0.05, 0.1) is 5.25 Å². The molecule has 5 nitrogen and oxygen atoms in total. The standard InChI is InChI=1S/C23H34N2O3S/c1-16(24-29(26,27)19-6-7-19)21-14-25(15-23(2,3)4)22-13-18(5-8-20(21)22)17-9-11-28-12-10-17/h5,8,13-14,16-17,19,24H,6-7,9-12,15H2,1-4H3. The van der Waals surface area contributed by atoms with E-state index in [1.54, 1.807) is 0 Å². The summed E-state index contributed by atoms with van der Waals surface area (Å²) in [6.07, 6.45) is 5.85. The van der Waals surface area contributed by atoms with E-state index in [0.717, 1.165) is 56.4 Å². The molecule has 1 saturated carbocycles. The molecule has 160 valence electrons. The van der Waals surface area contributed by atoms with Crippen molar-refractivity contribution in [1.82, 2.24) is 9.29 Å². The van der Waals surface area contributed by atoms with Gasteiger partial charge in [0.1, 0.15) is 0 Å². The summed E-state index contributed by atoms with van der Waals surface area (Å²) in [6, 6.07) is 6.50. The smallest absolute Gasteiger partial charge is 0.215 e. The molecule has 2 aromatic rings. The average Bonchev–Trinajstić information content (AvgIpc) is 3.45. The van der Waals surface area contributed by atoms with Crippen molar-refractivity contribution in [2.45, 2.75) is 77.1 Å². The van der Waals surface area contributed by atoms with Gasteiger partial charge < -0.3 is 9.30 Å². The molecule has 29 heavy (non-hydrogen) atoms. The van der Waals surface area contributed by atoms with E-state index < -0.39 is 10.0 Å². The molecule has 2 heterocycles. The summed E-state index contributed by atoms with van der Waals surface area (Å²) in [7, 11) is -3.23. The van der Waals surface area contributed by atoms with Crippen LogP contribution in [0.3, 0.4) is 0 Å². The normalized spacial score (nSPS) is 20.3. The number of nitrogens with zero attached hydrogens (tertiary/aromatic N) is 1. The van der Waals surface area contributed by atoms with Crippen molar-refractivity contribution in [3.05, 3.63) is 35.5 Å². The van der Waals surface area contributed by atoms with Gasteiger partial charge in [-0.05, 0) is 61.1 Å². The molecule has 1 atom stereocenters. The van der Waals surface area contributed by atoms with Crippen LogP contribution in [0, 0.1) is 5.41 Å². The summed E-state index contributed by atoms with van der Waals surface area (Å²) < 4.78 is 35.7. The lowest BCUT2D eigenvalue weighted by Gasteiger charge is -2.23. The predicted molar refractivity (Wildman–Crippen MR) is 118 cm³/mol. The number of ether oxygens (including phenoxy) is 1. The summed E-state index contributed by atoms with van der Waals surface area (Å²) >= 11 is 0. The molecule has 1 N–H and O–H groups in total. The lowest BCUT2D eigenvalue weighted by Crippen LogP contribution is -2.29. The van der Waals surface area contributed by atoms with Crippen LogP contribution in [0.1, 0.15) is 76.5 Å². The molecule has 2 aliphatic rings. The molecule has 1 aliphatic heterocycles. The fourth-order valence-electron chi connectivity index (χ4n) is 4.39. The number of hydrogen-bond donors (Lipinski definition) is 1. The quantitative estimate of drug-likeness (QED) is 0.738. The highest BCUT2D eigenvalue weighted by atomic mass is 32.2. The van der Waals surface area contributed by atoms with Crippen LogP contribution in [0.25, 0.3) is 10.9 Å². The topological polar surface area (TPSA) is 60.3 Å². The molecule has 1 unspecified atom stereocenters. The highest BCUT2D eigenvalue weighted by molar-refractivity contribution is 7.90. The van der Waals surface area contributed by atoms with Crippen LogP contribution >= 0.6 is 0 Å². The maximum Gasteiger partial charge on any atom is 0.215 e. The number of sulfonamides is 1. The number of fused-ring (bicyclic) bond motifs is 1. The summed E-state index contributed by atoms with van der Waals surface area (Å²) in [5.41, 5.74) is 3.77. The SMILES string of the molecule is CC(NS(=O)(=O)C1CC1)c1cn(CC(C)(C)C)c2cc(C3CCOCC3)ccc12. The van der Waals surface area contributed by atoms with Gasteiger partial charge in [0.15, 0.2) is 0 Å². The Balaban J connectivity index is 1.72. The second-order valence-corrected chi connectivity index (χ2v) is 12.0. The van der Waals surface area contributed by atoms with Crippen LogP contribution in [0.15, 0.2) is 24.4 Å². The van der Waals surface area contributed by atoms with Crippen LogP contribution < -0.4 is 4.72 Å². The second-order valence-electron chi connectivity index (χ2n) is 10.0. The molecule has 1 aliphatic carbocycles. The van der Waals surface area contributed by atoms with E-state index in [4.69, 9.17) is 4.74 Å². The molecule has 4 rings (SSSR count). The van der Waals surface area contributed by atoms with Crippen molar-refractivity contribution in [3.8, 4) is 0 Å².